The number of benzene rings is 2. The van der Waals surface area contributed by atoms with E-state index in [2.05, 4.69) is 44.3 Å². The molecule has 0 radical (unpaired) electrons. The predicted octanol–water partition coefficient (Wildman–Crippen LogP) is 4.31. The predicted molar refractivity (Wildman–Crippen MR) is 104 cm³/mol. The number of carbonyl (C=O) groups is 2. The smallest absolute Gasteiger partial charge is 0.251 e. The van der Waals surface area contributed by atoms with E-state index in [-0.39, 0.29) is 17.9 Å². The maximum absolute atomic E-state index is 12.8. The first-order valence-electron chi connectivity index (χ1n) is 9.28. The summed E-state index contributed by atoms with van der Waals surface area (Å²) in [5.41, 5.74) is 4.99. The van der Waals surface area contributed by atoms with Gasteiger partial charge in [0.1, 0.15) is 0 Å². The molecule has 1 heterocycles. The normalized spacial score (nSPS) is 15.2. The molecule has 1 fully saturated rings. The summed E-state index contributed by atoms with van der Waals surface area (Å²) in [7, 11) is 0. The van der Waals surface area contributed by atoms with Crippen molar-refractivity contribution >= 4 is 17.5 Å². The average Bonchev–Trinajstić information content (AvgIpc) is 3.08. The zero-order valence-electron chi connectivity index (χ0n) is 15.7. The maximum atomic E-state index is 12.8. The minimum absolute atomic E-state index is 0.0288. The topological polar surface area (TPSA) is 49.4 Å². The van der Waals surface area contributed by atoms with E-state index in [1.807, 2.05) is 18.2 Å². The third kappa shape index (κ3) is 3.79. The molecule has 4 heteroatoms. The van der Waals surface area contributed by atoms with Crippen molar-refractivity contribution in [2.75, 3.05) is 11.4 Å². The molecule has 0 aromatic heterocycles. The van der Waals surface area contributed by atoms with Crippen LogP contribution in [0.15, 0.2) is 42.5 Å². The van der Waals surface area contributed by atoms with E-state index < -0.39 is 0 Å². The number of aryl methyl sites for hydroxylation is 2. The molecule has 1 aliphatic heterocycles. The van der Waals surface area contributed by atoms with Gasteiger partial charge in [-0.3, -0.25) is 9.59 Å². The lowest BCUT2D eigenvalue weighted by molar-refractivity contribution is -0.117. The fourth-order valence-electron chi connectivity index (χ4n) is 3.38. The van der Waals surface area contributed by atoms with Gasteiger partial charge < -0.3 is 10.2 Å². The second-order valence-corrected chi connectivity index (χ2v) is 6.98. The lowest BCUT2D eigenvalue weighted by Gasteiger charge is -2.20. The van der Waals surface area contributed by atoms with Crippen LogP contribution in [0.1, 0.15) is 59.3 Å². The Balaban J connectivity index is 1.78. The molecule has 1 saturated heterocycles. The van der Waals surface area contributed by atoms with Gasteiger partial charge in [0.2, 0.25) is 5.91 Å². The summed E-state index contributed by atoms with van der Waals surface area (Å²) in [6.45, 7) is 6.97. The maximum Gasteiger partial charge on any atom is 0.251 e. The lowest BCUT2D eigenvalue weighted by Crippen LogP contribution is -2.29. The molecular formula is C22H26N2O2. The zero-order valence-corrected chi connectivity index (χ0v) is 15.7. The number of carbonyl (C=O) groups excluding carboxylic acids is 2. The summed E-state index contributed by atoms with van der Waals surface area (Å²) >= 11 is 0. The molecule has 2 aromatic carbocycles. The first-order chi connectivity index (χ1) is 12.5. The Morgan fingerprint density at radius 2 is 1.96 bits per heavy atom. The molecule has 1 aliphatic rings. The Kier molecular flexibility index (Phi) is 5.40. The van der Waals surface area contributed by atoms with Gasteiger partial charge in [-0.25, -0.2) is 0 Å². The van der Waals surface area contributed by atoms with Crippen molar-refractivity contribution in [3.8, 4) is 0 Å². The third-order valence-electron chi connectivity index (χ3n) is 5.14. The average molecular weight is 350 g/mol. The molecule has 2 amide bonds. The van der Waals surface area contributed by atoms with Crippen LogP contribution in [0.2, 0.25) is 0 Å². The van der Waals surface area contributed by atoms with Crippen LogP contribution in [0.4, 0.5) is 5.69 Å². The number of nitrogens with zero attached hydrogens (tertiary/aromatic N) is 1. The molecule has 1 unspecified atom stereocenters. The molecule has 0 aliphatic carbocycles. The first-order valence-corrected chi connectivity index (χ1v) is 9.28. The van der Waals surface area contributed by atoms with Crippen LogP contribution in [0.25, 0.3) is 0 Å². The molecule has 0 saturated carbocycles. The number of hydrogen-bond donors (Lipinski definition) is 1. The van der Waals surface area contributed by atoms with Crippen molar-refractivity contribution in [1.29, 1.82) is 0 Å². The van der Waals surface area contributed by atoms with Crippen molar-refractivity contribution in [3.63, 3.8) is 0 Å². The van der Waals surface area contributed by atoms with Crippen LogP contribution in [0, 0.1) is 13.8 Å². The molecular weight excluding hydrogens is 324 g/mol. The summed E-state index contributed by atoms with van der Waals surface area (Å²) in [5.74, 6) is 0.0210. The van der Waals surface area contributed by atoms with E-state index in [0.29, 0.717) is 12.0 Å². The van der Waals surface area contributed by atoms with E-state index in [9.17, 15) is 9.59 Å². The fraction of sp³-hybridized carbons (Fsp3) is 0.364. The van der Waals surface area contributed by atoms with Gasteiger partial charge in [0.15, 0.2) is 0 Å². The van der Waals surface area contributed by atoms with Crippen molar-refractivity contribution in [2.45, 2.75) is 46.1 Å². The Morgan fingerprint density at radius 3 is 2.62 bits per heavy atom. The van der Waals surface area contributed by atoms with E-state index in [0.717, 1.165) is 30.6 Å². The van der Waals surface area contributed by atoms with Crippen LogP contribution < -0.4 is 10.2 Å². The lowest BCUT2D eigenvalue weighted by atomic mass is 9.99. The minimum atomic E-state index is -0.108. The van der Waals surface area contributed by atoms with E-state index in [1.54, 1.807) is 11.0 Å². The molecule has 0 bridgehead atoms. The summed E-state index contributed by atoms with van der Waals surface area (Å²) in [4.78, 5) is 26.5. The number of anilines is 1. The first kappa shape index (κ1) is 18.2. The van der Waals surface area contributed by atoms with Gasteiger partial charge in [0.05, 0.1) is 6.04 Å². The highest BCUT2D eigenvalue weighted by Gasteiger charge is 2.22. The van der Waals surface area contributed by atoms with Gasteiger partial charge in [0.25, 0.3) is 5.91 Å². The SMILES string of the molecule is CCC(NC(=O)c1cccc(N2CCCC2=O)c1)c1ccc(C)c(C)c1. The largest absolute Gasteiger partial charge is 0.345 e. The highest BCUT2D eigenvalue weighted by Crippen LogP contribution is 2.24. The number of hydrogen-bond acceptors (Lipinski definition) is 2. The van der Waals surface area contributed by atoms with Crippen molar-refractivity contribution in [1.82, 2.24) is 5.32 Å². The van der Waals surface area contributed by atoms with Crippen molar-refractivity contribution in [3.05, 3.63) is 64.7 Å². The second-order valence-electron chi connectivity index (χ2n) is 6.98. The number of rotatable bonds is 5. The highest BCUT2D eigenvalue weighted by molar-refractivity contribution is 5.99. The second kappa shape index (κ2) is 7.73. The Labute approximate surface area is 155 Å². The molecule has 2 aromatic rings. The summed E-state index contributed by atoms with van der Waals surface area (Å²) in [6.07, 6.45) is 2.28. The molecule has 136 valence electrons. The van der Waals surface area contributed by atoms with Crippen LogP contribution in [0.5, 0.6) is 0 Å². The van der Waals surface area contributed by atoms with Crippen LogP contribution in [0.3, 0.4) is 0 Å². The third-order valence-corrected chi connectivity index (χ3v) is 5.14. The zero-order chi connectivity index (χ0) is 18.7. The van der Waals surface area contributed by atoms with Crippen LogP contribution >= 0.6 is 0 Å². The molecule has 0 spiro atoms. The molecule has 26 heavy (non-hydrogen) atoms. The molecule has 3 rings (SSSR count). The van der Waals surface area contributed by atoms with Crippen LogP contribution in [-0.2, 0) is 4.79 Å². The van der Waals surface area contributed by atoms with Crippen LogP contribution in [-0.4, -0.2) is 18.4 Å². The summed E-state index contributed by atoms with van der Waals surface area (Å²) in [5, 5.41) is 3.13. The standard InChI is InChI=1S/C22H26N2O2/c1-4-20(17-11-10-15(2)16(3)13-17)23-22(26)18-7-5-8-19(14-18)24-12-6-9-21(24)25/h5,7-8,10-11,13-14,20H,4,6,9,12H2,1-3H3,(H,23,26). The fourth-order valence-corrected chi connectivity index (χ4v) is 3.38. The monoisotopic (exact) mass is 350 g/mol. The van der Waals surface area contributed by atoms with Gasteiger partial charge in [-0.1, -0.05) is 31.2 Å². The van der Waals surface area contributed by atoms with Gasteiger partial charge in [-0.05, 0) is 61.6 Å². The Morgan fingerprint density at radius 1 is 1.15 bits per heavy atom. The number of nitrogens with one attached hydrogen (secondary N) is 1. The summed E-state index contributed by atoms with van der Waals surface area (Å²) in [6, 6.07) is 13.6. The molecule has 1 atom stereocenters. The minimum Gasteiger partial charge on any atom is -0.345 e. The van der Waals surface area contributed by atoms with Gasteiger partial charge in [-0.15, -0.1) is 0 Å². The molecule has 4 nitrogen and oxygen atoms in total. The van der Waals surface area contributed by atoms with Crippen molar-refractivity contribution in [2.24, 2.45) is 0 Å². The number of amides is 2. The van der Waals surface area contributed by atoms with Gasteiger partial charge in [-0.2, -0.15) is 0 Å². The Bertz CT molecular complexity index is 829. The van der Waals surface area contributed by atoms with E-state index >= 15 is 0 Å². The quantitative estimate of drug-likeness (QED) is 0.873. The summed E-state index contributed by atoms with van der Waals surface area (Å²) < 4.78 is 0. The van der Waals surface area contributed by atoms with E-state index in [1.165, 1.54) is 11.1 Å². The molecule has 1 N–H and O–H groups in total. The van der Waals surface area contributed by atoms with Gasteiger partial charge >= 0.3 is 0 Å². The Hall–Kier alpha value is -2.62. The highest BCUT2D eigenvalue weighted by atomic mass is 16.2. The van der Waals surface area contributed by atoms with E-state index in [4.69, 9.17) is 0 Å². The van der Waals surface area contributed by atoms with Gasteiger partial charge in [0, 0.05) is 24.2 Å². The van der Waals surface area contributed by atoms with Crippen molar-refractivity contribution < 1.29 is 9.59 Å².